The van der Waals surface area contributed by atoms with E-state index in [1.807, 2.05) is 12.1 Å². The molecule has 0 aliphatic rings. The van der Waals surface area contributed by atoms with Gasteiger partial charge in [0.05, 0.1) is 25.0 Å². The minimum absolute atomic E-state index is 0.0124. The summed E-state index contributed by atoms with van der Waals surface area (Å²) in [6.45, 7) is 5.31. The maximum atomic E-state index is 12.8. The summed E-state index contributed by atoms with van der Waals surface area (Å²) < 4.78 is 16.4. The smallest absolute Gasteiger partial charge is 0.348 e. The Morgan fingerprint density at radius 2 is 1.07 bits per heavy atom. The van der Waals surface area contributed by atoms with Gasteiger partial charge in [0.15, 0.2) is 11.6 Å². The van der Waals surface area contributed by atoms with Crippen molar-refractivity contribution in [2.24, 2.45) is 0 Å². The van der Waals surface area contributed by atoms with Gasteiger partial charge < -0.3 is 19.3 Å². The van der Waals surface area contributed by atoms with E-state index in [1.54, 1.807) is 118 Å². The number of carbonyl (C=O) groups is 6. The Labute approximate surface area is 328 Å². The number of carbonyl (C=O) groups excluding carboxylic acids is 5. The lowest BCUT2D eigenvalue weighted by Crippen LogP contribution is -2.43. The van der Waals surface area contributed by atoms with E-state index >= 15 is 0 Å². The van der Waals surface area contributed by atoms with Crippen molar-refractivity contribution in [3.05, 3.63) is 143 Å². The van der Waals surface area contributed by atoms with Crippen molar-refractivity contribution in [2.45, 2.75) is 89.6 Å². The number of esters is 3. The Kier molecular flexibility index (Phi) is 16.3. The molecule has 0 radical (unpaired) electrons. The van der Waals surface area contributed by atoms with E-state index in [4.69, 9.17) is 14.2 Å². The number of benzene rings is 4. The molecule has 294 valence electrons. The second-order valence-corrected chi connectivity index (χ2v) is 13.8. The highest BCUT2D eigenvalue weighted by Gasteiger charge is 2.40. The summed E-state index contributed by atoms with van der Waals surface area (Å²) >= 11 is 0. The van der Waals surface area contributed by atoms with Crippen LogP contribution in [0.15, 0.2) is 109 Å². The number of unbranched alkanes of at least 4 members (excludes halogenated alkanes) is 3. The number of carboxylic acids is 1. The largest absolute Gasteiger partial charge is 0.478 e. The summed E-state index contributed by atoms with van der Waals surface area (Å²) in [5.74, 6) is -4.10. The van der Waals surface area contributed by atoms with Gasteiger partial charge in [-0.2, -0.15) is 0 Å². The van der Waals surface area contributed by atoms with Gasteiger partial charge >= 0.3 is 23.9 Å². The fourth-order valence-electron chi connectivity index (χ4n) is 6.18. The molecule has 3 unspecified atom stereocenters. The summed E-state index contributed by atoms with van der Waals surface area (Å²) in [6.07, 6.45) is 2.37. The molecule has 0 bridgehead atoms. The van der Waals surface area contributed by atoms with Gasteiger partial charge in [0.1, 0.15) is 0 Å². The molecule has 0 saturated heterocycles. The first-order chi connectivity index (χ1) is 27.0. The topological polar surface area (TPSA) is 150 Å². The van der Waals surface area contributed by atoms with E-state index in [0.29, 0.717) is 65.5 Å². The van der Waals surface area contributed by atoms with Crippen molar-refractivity contribution >= 4 is 35.4 Å². The summed E-state index contributed by atoms with van der Waals surface area (Å²) in [4.78, 5) is 75.9. The number of hydrogen-bond donors (Lipinski definition) is 1. The van der Waals surface area contributed by atoms with Gasteiger partial charge in [0.25, 0.3) is 0 Å². The molecule has 0 aliphatic heterocycles. The molecule has 0 aromatic heterocycles. The summed E-state index contributed by atoms with van der Waals surface area (Å²) in [5.41, 5.74) is 1.83. The zero-order valence-corrected chi connectivity index (χ0v) is 32.2. The molecular formula is C46H50O10. The van der Waals surface area contributed by atoms with Gasteiger partial charge in [0, 0.05) is 28.7 Å². The molecule has 10 heteroatoms. The first-order valence-corrected chi connectivity index (χ1v) is 19.1. The van der Waals surface area contributed by atoms with E-state index < -0.39 is 41.3 Å². The average Bonchev–Trinajstić information content (AvgIpc) is 3.23. The van der Waals surface area contributed by atoms with Crippen molar-refractivity contribution in [1.82, 2.24) is 0 Å². The van der Waals surface area contributed by atoms with Crippen LogP contribution in [0.1, 0.15) is 127 Å². The van der Waals surface area contributed by atoms with E-state index in [0.717, 1.165) is 0 Å². The average molecular weight is 763 g/mol. The van der Waals surface area contributed by atoms with Crippen LogP contribution in [0.3, 0.4) is 0 Å². The molecular weight excluding hydrogens is 712 g/mol. The van der Waals surface area contributed by atoms with Gasteiger partial charge in [-0.1, -0.05) is 110 Å². The molecule has 4 aromatic carbocycles. The Hall–Kier alpha value is -5.90. The number of ketones is 2. The first-order valence-electron chi connectivity index (χ1n) is 19.1. The monoisotopic (exact) mass is 762 g/mol. The first kappa shape index (κ1) is 42.8. The van der Waals surface area contributed by atoms with E-state index in [2.05, 4.69) is 0 Å². The molecule has 4 aromatic rings. The second kappa shape index (κ2) is 21.3. The quantitative estimate of drug-likeness (QED) is 0.0357. The maximum absolute atomic E-state index is 12.8. The molecule has 0 spiro atoms. The standard InChI is InChI=1S/C46H50O10/c1-4-46(45(52)53,28-13-15-30-55-43(50)32(2)34-24-26-37(27-25-34)41(48)35-17-8-5-9-18-35)56-40(47)23-12-7-14-29-54-44(51)33(3)38-21-16-22-39(31-38)42(49)36-19-10-6-11-20-36/h5-6,8-11,16-22,24-27,31-33H,4,7,12-15,23,28-30H2,1-3H3,(H,52,53). The summed E-state index contributed by atoms with van der Waals surface area (Å²) in [7, 11) is 0. The van der Waals surface area contributed by atoms with Crippen LogP contribution in [0, 0.1) is 0 Å². The van der Waals surface area contributed by atoms with Crippen molar-refractivity contribution < 1.29 is 48.1 Å². The third-order valence-corrected chi connectivity index (χ3v) is 9.86. The Balaban J connectivity index is 1.13. The van der Waals surface area contributed by atoms with Crippen molar-refractivity contribution in [3.63, 3.8) is 0 Å². The molecule has 0 aliphatic carbocycles. The van der Waals surface area contributed by atoms with Gasteiger partial charge in [0.2, 0.25) is 5.60 Å². The molecule has 0 saturated carbocycles. The van der Waals surface area contributed by atoms with Gasteiger partial charge in [-0.25, -0.2) is 4.79 Å². The van der Waals surface area contributed by atoms with Crippen LogP contribution in [0.25, 0.3) is 0 Å². The molecule has 0 heterocycles. The zero-order chi connectivity index (χ0) is 40.5. The number of hydrogen-bond acceptors (Lipinski definition) is 9. The highest BCUT2D eigenvalue weighted by Crippen LogP contribution is 2.26. The normalized spacial score (nSPS) is 13.1. The summed E-state index contributed by atoms with van der Waals surface area (Å²) in [6, 6.07) is 31.6. The minimum atomic E-state index is -1.69. The highest BCUT2D eigenvalue weighted by atomic mass is 16.6. The fraction of sp³-hybridized carbons (Fsp3) is 0.348. The minimum Gasteiger partial charge on any atom is -0.478 e. The van der Waals surface area contributed by atoms with E-state index in [1.165, 1.54) is 0 Å². The molecule has 3 atom stereocenters. The lowest BCUT2D eigenvalue weighted by Gasteiger charge is -2.28. The van der Waals surface area contributed by atoms with Crippen LogP contribution in [-0.2, 0) is 33.4 Å². The Morgan fingerprint density at radius 3 is 1.62 bits per heavy atom. The molecule has 56 heavy (non-hydrogen) atoms. The maximum Gasteiger partial charge on any atom is 0.348 e. The lowest BCUT2D eigenvalue weighted by atomic mass is 9.93. The predicted octanol–water partition coefficient (Wildman–Crippen LogP) is 8.65. The molecule has 1 N–H and O–H groups in total. The predicted molar refractivity (Wildman–Crippen MR) is 210 cm³/mol. The van der Waals surface area contributed by atoms with Crippen molar-refractivity contribution in [3.8, 4) is 0 Å². The van der Waals surface area contributed by atoms with Gasteiger partial charge in [-0.15, -0.1) is 0 Å². The van der Waals surface area contributed by atoms with Gasteiger partial charge in [-0.05, 0) is 76.0 Å². The van der Waals surface area contributed by atoms with E-state index in [-0.39, 0.29) is 44.0 Å². The fourth-order valence-corrected chi connectivity index (χ4v) is 6.18. The van der Waals surface area contributed by atoms with Crippen molar-refractivity contribution in [1.29, 1.82) is 0 Å². The van der Waals surface area contributed by atoms with Crippen LogP contribution < -0.4 is 0 Å². The number of aliphatic carboxylic acids is 1. The van der Waals surface area contributed by atoms with Gasteiger partial charge in [-0.3, -0.25) is 24.0 Å². The number of carboxylic acid groups (broad SMARTS) is 1. The van der Waals surface area contributed by atoms with Crippen molar-refractivity contribution in [2.75, 3.05) is 13.2 Å². The summed E-state index contributed by atoms with van der Waals surface area (Å²) in [5, 5.41) is 10.0. The molecule has 0 amide bonds. The Bertz CT molecular complexity index is 1940. The number of rotatable bonds is 22. The SMILES string of the molecule is CCC(CCCCOC(=O)C(C)c1ccc(C(=O)c2ccccc2)cc1)(OC(=O)CCCCCOC(=O)C(C)c1cccc(C(=O)c2ccccc2)c1)C(=O)O. The van der Waals surface area contributed by atoms with Crippen LogP contribution >= 0.6 is 0 Å². The van der Waals surface area contributed by atoms with Crippen LogP contribution in [0.5, 0.6) is 0 Å². The third kappa shape index (κ3) is 12.1. The highest BCUT2D eigenvalue weighted by molar-refractivity contribution is 6.09. The molecule has 10 nitrogen and oxygen atoms in total. The van der Waals surface area contributed by atoms with Crippen LogP contribution in [0.4, 0.5) is 0 Å². The third-order valence-electron chi connectivity index (χ3n) is 9.86. The Morgan fingerprint density at radius 1 is 0.571 bits per heavy atom. The zero-order valence-electron chi connectivity index (χ0n) is 32.2. The lowest BCUT2D eigenvalue weighted by molar-refractivity contribution is -0.180. The number of ether oxygens (including phenoxy) is 3. The molecule has 0 fully saturated rings. The van der Waals surface area contributed by atoms with E-state index in [9.17, 15) is 33.9 Å². The molecule has 4 rings (SSSR count). The van der Waals surface area contributed by atoms with Crippen LogP contribution in [-0.4, -0.2) is 59.4 Å². The van der Waals surface area contributed by atoms with Crippen LogP contribution in [0.2, 0.25) is 0 Å². The second-order valence-electron chi connectivity index (χ2n) is 13.8.